The van der Waals surface area contributed by atoms with Crippen LogP contribution in [0.5, 0.6) is 11.5 Å². The zero-order valence-corrected chi connectivity index (χ0v) is 11.5. The van der Waals surface area contributed by atoms with Crippen molar-refractivity contribution in [3.8, 4) is 11.5 Å². The number of hydrogen-bond acceptors (Lipinski definition) is 2. The first-order chi connectivity index (χ1) is 8.60. The monoisotopic (exact) mass is 330 g/mol. The van der Waals surface area contributed by atoms with Crippen LogP contribution in [0, 0.1) is 5.82 Å². The second-order valence-electron chi connectivity index (χ2n) is 3.59. The predicted molar refractivity (Wildman–Crippen MR) is 71.5 cm³/mol. The summed E-state index contributed by atoms with van der Waals surface area (Å²) in [6.45, 7) is -0.304. The lowest BCUT2D eigenvalue weighted by Crippen LogP contribution is -1.93. The lowest BCUT2D eigenvalue weighted by Gasteiger charge is -2.11. The molecule has 0 aromatic heterocycles. The first kappa shape index (κ1) is 13.3. The van der Waals surface area contributed by atoms with Crippen LogP contribution in [0.25, 0.3) is 0 Å². The number of aliphatic hydroxyl groups is 1. The van der Waals surface area contributed by atoms with E-state index >= 15 is 0 Å². The minimum atomic E-state index is -0.423. The van der Waals surface area contributed by atoms with E-state index in [1.165, 1.54) is 18.2 Å². The van der Waals surface area contributed by atoms with Gasteiger partial charge in [0.25, 0.3) is 0 Å². The summed E-state index contributed by atoms with van der Waals surface area (Å²) < 4.78 is 19.4. The van der Waals surface area contributed by atoms with E-state index in [1.807, 2.05) is 0 Å². The highest BCUT2D eigenvalue weighted by molar-refractivity contribution is 9.10. The molecule has 2 aromatic carbocycles. The van der Waals surface area contributed by atoms with E-state index in [2.05, 4.69) is 15.9 Å². The fourth-order valence-electron chi connectivity index (χ4n) is 1.45. The van der Waals surface area contributed by atoms with Crippen molar-refractivity contribution < 1.29 is 14.2 Å². The molecule has 0 heterocycles. The van der Waals surface area contributed by atoms with Crippen molar-refractivity contribution in [2.45, 2.75) is 6.61 Å². The van der Waals surface area contributed by atoms with Crippen LogP contribution in [0.3, 0.4) is 0 Å². The zero-order chi connectivity index (χ0) is 13.1. The SMILES string of the molecule is OCc1cc(F)ccc1Oc1ccc(Br)cc1Cl. The van der Waals surface area contributed by atoms with Crippen molar-refractivity contribution in [1.29, 1.82) is 0 Å². The molecule has 0 amide bonds. The molecular weight excluding hydrogens is 322 g/mol. The number of benzene rings is 2. The highest BCUT2D eigenvalue weighted by Gasteiger charge is 2.08. The smallest absolute Gasteiger partial charge is 0.146 e. The molecule has 0 aliphatic carbocycles. The molecule has 0 spiro atoms. The quantitative estimate of drug-likeness (QED) is 0.895. The Morgan fingerprint density at radius 1 is 1.17 bits per heavy atom. The molecule has 0 saturated carbocycles. The Morgan fingerprint density at radius 3 is 2.56 bits per heavy atom. The third-order valence-corrected chi connectivity index (χ3v) is 3.10. The highest BCUT2D eigenvalue weighted by Crippen LogP contribution is 2.33. The van der Waals surface area contributed by atoms with Gasteiger partial charge in [-0.05, 0) is 36.4 Å². The zero-order valence-electron chi connectivity index (χ0n) is 9.16. The largest absolute Gasteiger partial charge is 0.455 e. The lowest BCUT2D eigenvalue weighted by atomic mass is 10.2. The maximum absolute atomic E-state index is 13.0. The van der Waals surface area contributed by atoms with Gasteiger partial charge in [-0.3, -0.25) is 0 Å². The molecule has 0 atom stereocenters. The average molecular weight is 332 g/mol. The minimum Gasteiger partial charge on any atom is -0.455 e. The van der Waals surface area contributed by atoms with Crippen LogP contribution in [0.1, 0.15) is 5.56 Å². The van der Waals surface area contributed by atoms with Gasteiger partial charge in [-0.25, -0.2) is 4.39 Å². The van der Waals surface area contributed by atoms with Gasteiger partial charge in [0.1, 0.15) is 17.3 Å². The molecule has 1 N–H and O–H groups in total. The van der Waals surface area contributed by atoms with E-state index in [9.17, 15) is 4.39 Å². The number of aliphatic hydroxyl groups excluding tert-OH is 1. The fourth-order valence-corrected chi connectivity index (χ4v) is 2.16. The van der Waals surface area contributed by atoms with Crippen molar-refractivity contribution in [2.75, 3.05) is 0 Å². The summed E-state index contributed by atoms with van der Waals surface area (Å²) in [5.41, 5.74) is 0.369. The molecule has 94 valence electrons. The number of hydrogen-bond donors (Lipinski definition) is 1. The van der Waals surface area contributed by atoms with Gasteiger partial charge in [0.15, 0.2) is 0 Å². The summed E-state index contributed by atoms with van der Waals surface area (Å²) in [6.07, 6.45) is 0. The Kier molecular flexibility index (Phi) is 4.22. The maximum Gasteiger partial charge on any atom is 0.146 e. The molecule has 18 heavy (non-hydrogen) atoms. The average Bonchev–Trinajstić information content (AvgIpc) is 2.34. The molecule has 2 rings (SSSR count). The third kappa shape index (κ3) is 3.02. The Morgan fingerprint density at radius 2 is 1.89 bits per heavy atom. The fraction of sp³-hybridized carbons (Fsp3) is 0.0769. The predicted octanol–water partition coefficient (Wildman–Crippen LogP) is 4.53. The summed E-state index contributed by atoms with van der Waals surface area (Å²) in [4.78, 5) is 0. The van der Waals surface area contributed by atoms with Crippen molar-refractivity contribution in [1.82, 2.24) is 0 Å². The lowest BCUT2D eigenvalue weighted by molar-refractivity contribution is 0.276. The normalized spacial score (nSPS) is 10.4. The Hall–Kier alpha value is -1.10. The van der Waals surface area contributed by atoms with Gasteiger partial charge >= 0.3 is 0 Å². The van der Waals surface area contributed by atoms with Crippen LogP contribution in [-0.2, 0) is 6.61 Å². The highest BCUT2D eigenvalue weighted by atomic mass is 79.9. The van der Waals surface area contributed by atoms with Crippen LogP contribution < -0.4 is 4.74 Å². The Labute approximate surface area is 117 Å². The van der Waals surface area contributed by atoms with Crippen LogP contribution >= 0.6 is 27.5 Å². The number of rotatable bonds is 3. The van der Waals surface area contributed by atoms with Crippen molar-refractivity contribution in [3.63, 3.8) is 0 Å². The first-order valence-electron chi connectivity index (χ1n) is 5.12. The summed E-state index contributed by atoms with van der Waals surface area (Å²) in [5.74, 6) is 0.401. The summed E-state index contributed by atoms with van der Waals surface area (Å²) in [6, 6.07) is 9.11. The summed E-state index contributed by atoms with van der Waals surface area (Å²) in [5, 5.41) is 9.58. The molecular formula is C13H9BrClFO2. The van der Waals surface area contributed by atoms with Crippen LogP contribution in [0.4, 0.5) is 4.39 Å². The molecule has 0 bridgehead atoms. The van der Waals surface area contributed by atoms with Crippen molar-refractivity contribution in [2.24, 2.45) is 0 Å². The molecule has 0 radical (unpaired) electrons. The second-order valence-corrected chi connectivity index (χ2v) is 4.91. The van der Waals surface area contributed by atoms with Gasteiger partial charge in [0.2, 0.25) is 0 Å². The molecule has 0 aliphatic heterocycles. The van der Waals surface area contributed by atoms with Gasteiger partial charge in [0, 0.05) is 10.0 Å². The second kappa shape index (κ2) is 5.69. The van der Waals surface area contributed by atoms with Gasteiger partial charge in [-0.15, -0.1) is 0 Å². The van der Waals surface area contributed by atoms with E-state index in [4.69, 9.17) is 21.4 Å². The molecule has 0 saturated heterocycles. The van der Waals surface area contributed by atoms with Crippen LogP contribution in [0.15, 0.2) is 40.9 Å². The Bertz CT molecular complexity index is 575. The number of ether oxygens (including phenoxy) is 1. The Balaban J connectivity index is 2.33. The van der Waals surface area contributed by atoms with Gasteiger partial charge in [0.05, 0.1) is 11.6 Å². The molecule has 2 aromatic rings. The third-order valence-electron chi connectivity index (χ3n) is 2.31. The maximum atomic E-state index is 13.0. The standard InChI is InChI=1S/C13H9BrClFO2/c14-9-1-3-13(11(15)6-9)18-12-4-2-10(16)5-8(12)7-17/h1-6,17H,7H2. The van der Waals surface area contributed by atoms with Gasteiger partial charge < -0.3 is 9.84 Å². The van der Waals surface area contributed by atoms with Crippen LogP contribution in [0.2, 0.25) is 5.02 Å². The molecule has 0 fully saturated rings. The summed E-state index contributed by atoms with van der Waals surface area (Å²) >= 11 is 9.30. The van der Waals surface area contributed by atoms with Crippen molar-refractivity contribution >= 4 is 27.5 Å². The van der Waals surface area contributed by atoms with Gasteiger partial charge in [-0.1, -0.05) is 27.5 Å². The van der Waals surface area contributed by atoms with E-state index in [1.54, 1.807) is 18.2 Å². The number of halogens is 3. The molecule has 2 nitrogen and oxygen atoms in total. The molecule has 5 heteroatoms. The molecule has 0 aliphatic rings. The van der Waals surface area contributed by atoms with E-state index in [0.29, 0.717) is 22.1 Å². The topological polar surface area (TPSA) is 29.5 Å². The van der Waals surface area contributed by atoms with Crippen molar-refractivity contribution in [3.05, 3.63) is 57.3 Å². The summed E-state index contributed by atoms with van der Waals surface area (Å²) in [7, 11) is 0. The van der Waals surface area contributed by atoms with E-state index < -0.39 is 5.82 Å². The van der Waals surface area contributed by atoms with Gasteiger partial charge in [-0.2, -0.15) is 0 Å². The van der Waals surface area contributed by atoms with Crippen LogP contribution in [-0.4, -0.2) is 5.11 Å². The minimum absolute atomic E-state index is 0.304. The van der Waals surface area contributed by atoms with E-state index in [0.717, 1.165) is 4.47 Å². The molecule has 0 unspecified atom stereocenters. The first-order valence-corrected chi connectivity index (χ1v) is 6.29. The van der Waals surface area contributed by atoms with E-state index in [-0.39, 0.29) is 6.61 Å².